The van der Waals surface area contributed by atoms with Crippen molar-refractivity contribution in [3.8, 4) is 0 Å². The lowest BCUT2D eigenvalue weighted by atomic mass is 10.3. The minimum absolute atomic E-state index is 0.210. The number of ether oxygens (including phenoxy) is 2. The monoisotopic (exact) mass is 334 g/mol. The smallest absolute Gasteiger partial charge is 0.334 e. The van der Waals surface area contributed by atoms with Gasteiger partial charge in [0.05, 0.1) is 17.1 Å². The molecule has 0 saturated heterocycles. The summed E-state index contributed by atoms with van der Waals surface area (Å²) in [6.45, 7) is 2.91. The van der Waals surface area contributed by atoms with Crippen molar-refractivity contribution in [2.75, 3.05) is 13.7 Å². The Bertz CT molecular complexity index is 577. The van der Waals surface area contributed by atoms with E-state index in [-0.39, 0.29) is 17.8 Å². The molecule has 0 aromatic carbocycles. The third-order valence-corrected chi connectivity index (χ3v) is 2.94. The standard InChI is InChI=1S/C11H15BrN2O5/c1-7(5-18-3)14-10(16)9(12)4-13(11(14)17)6-19-8(2)15/h4,7H,5-6H2,1-3H3/t7-/m1/s1. The molecule has 1 heterocycles. The molecule has 1 atom stereocenters. The molecule has 0 aliphatic heterocycles. The van der Waals surface area contributed by atoms with Gasteiger partial charge in [-0.1, -0.05) is 0 Å². The van der Waals surface area contributed by atoms with Crippen LogP contribution in [0.5, 0.6) is 0 Å². The van der Waals surface area contributed by atoms with E-state index >= 15 is 0 Å². The van der Waals surface area contributed by atoms with Gasteiger partial charge in [-0.05, 0) is 22.9 Å². The minimum atomic E-state index is -0.556. The summed E-state index contributed by atoms with van der Waals surface area (Å²) in [5.41, 5.74) is -1.01. The topological polar surface area (TPSA) is 79.5 Å². The van der Waals surface area contributed by atoms with E-state index < -0.39 is 23.3 Å². The number of methoxy groups -OCH3 is 1. The first-order valence-corrected chi connectivity index (χ1v) is 6.31. The van der Waals surface area contributed by atoms with Crippen molar-refractivity contribution in [3.05, 3.63) is 31.5 Å². The Morgan fingerprint density at radius 1 is 1.47 bits per heavy atom. The van der Waals surface area contributed by atoms with Crippen LogP contribution in [-0.4, -0.2) is 28.8 Å². The molecular weight excluding hydrogens is 320 g/mol. The van der Waals surface area contributed by atoms with Gasteiger partial charge in [-0.2, -0.15) is 0 Å². The molecule has 0 amide bonds. The van der Waals surface area contributed by atoms with Crippen LogP contribution in [-0.2, 0) is 21.0 Å². The fourth-order valence-electron chi connectivity index (χ4n) is 1.54. The van der Waals surface area contributed by atoms with E-state index in [0.29, 0.717) is 0 Å². The van der Waals surface area contributed by atoms with Gasteiger partial charge in [0.15, 0.2) is 6.73 Å². The molecule has 0 spiro atoms. The summed E-state index contributed by atoms with van der Waals surface area (Å²) in [6, 6.07) is -0.425. The van der Waals surface area contributed by atoms with Crippen molar-refractivity contribution in [1.29, 1.82) is 0 Å². The molecule has 0 aliphatic carbocycles. The van der Waals surface area contributed by atoms with Gasteiger partial charge in [-0.15, -0.1) is 0 Å². The predicted octanol–water partition coefficient (Wildman–Crippen LogP) is 0.501. The average Bonchev–Trinajstić information content (AvgIpc) is 2.32. The number of esters is 1. The zero-order valence-electron chi connectivity index (χ0n) is 10.9. The van der Waals surface area contributed by atoms with Gasteiger partial charge in [0, 0.05) is 20.2 Å². The Kier molecular flexibility index (Phi) is 5.49. The zero-order chi connectivity index (χ0) is 14.6. The highest BCUT2D eigenvalue weighted by Gasteiger charge is 2.15. The molecule has 0 unspecified atom stereocenters. The molecule has 0 aliphatic rings. The predicted molar refractivity (Wildman–Crippen MR) is 71.0 cm³/mol. The number of hydrogen-bond acceptors (Lipinski definition) is 5. The van der Waals surface area contributed by atoms with E-state index in [1.807, 2.05) is 0 Å². The van der Waals surface area contributed by atoms with Crippen LogP contribution in [0.3, 0.4) is 0 Å². The van der Waals surface area contributed by atoms with Crippen LogP contribution in [0.4, 0.5) is 0 Å². The van der Waals surface area contributed by atoms with Crippen molar-refractivity contribution in [2.24, 2.45) is 0 Å². The highest BCUT2D eigenvalue weighted by atomic mass is 79.9. The number of aromatic nitrogens is 2. The molecular formula is C11H15BrN2O5. The van der Waals surface area contributed by atoms with Gasteiger partial charge >= 0.3 is 11.7 Å². The van der Waals surface area contributed by atoms with Crippen molar-refractivity contribution in [3.63, 3.8) is 0 Å². The van der Waals surface area contributed by atoms with E-state index in [1.165, 1.54) is 20.2 Å². The minimum Gasteiger partial charge on any atom is -0.444 e. The van der Waals surface area contributed by atoms with Crippen LogP contribution in [0.25, 0.3) is 0 Å². The molecule has 19 heavy (non-hydrogen) atoms. The van der Waals surface area contributed by atoms with Gasteiger partial charge in [0.1, 0.15) is 0 Å². The van der Waals surface area contributed by atoms with Gasteiger partial charge in [-0.25, -0.2) is 4.79 Å². The van der Waals surface area contributed by atoms with E-state index in [4.69, 9.17) is 9.47 Å². The number of carbonyl (C=O) groups excluding carboxylic acids is 1. The quantitative estimate of drug-likeness (QED) is 0.732. The average molecular weight is 335 g/mol. The highest BCUT2D eigenvalue weighted by Crippen LogP contribution is 2.04. The summed E-state index contributed by atoms with van der Waals surface area (Å²) in [5.74, 6) is -0.509. The first-order valence-electron chi connectivity index (χ1n) is 5.52. The van der Waals surface area contributed by atoms with Crippen molar-refractivity contribution in [1.82, 2.24) is 9.13 Å². The Hall–Kier alpha value is -1.41. The van der Waals surface area contributed by atoms with Crippen LogP contribution < -0.4 is 11.2 Å². The number of nitrogens with zero attached hydrogens (tertiary/aromatic N) is 2. The fraction of sp³-hybridized carbons (Fsp3) is 0.545. The molecule has 0 radical (unpaired) electrons. The third kappa shape index (κ3) is 3.77. The molecule has 0 saturated carbocycles. The SMILES string of the molecule is COC[C@@H](C)n1c(=O)c(Br)cn(COC(C)=O)c1=O. The molecule has 0 N–H and O–H groups in total. The second-order valence-corrected chi connectivity index (χ2v) is 4.83. The number of halogens is 1. The summed E-state index contributed by atoms with van der Waals surface area (Å²) in [7, 11) is 1.48. The Balaban J connectivity index is 3.26. The molecule has 0 fully saturated rings. The summed E-state index contributed by atoms with van der Waals surface area (Å²) in [6.07, 6.45) is 1.30. The molecule has 0 bridgehead atoms. The van der Waals surface area contributed by atoms with Gasteiger partial charge in [-0.3, -0.25) is 18.7 Å². The van der Waals surface area contributed by atoms with Crippen LogP contribution in [0.2, 0.25) is 0 Å². The molecule has 1 rings (SSSR count). The summed E-state index contributed by atoms with van der Waals surface area (Å²) in [4.78, 5) is 34.8. The number of carbonyl (C=O) groups is 1. The van der Waals surface area contributed by atoms with Crippen LogP contribution in [0.1, 0.15) is 19.9 Å². The van der Waals surface area contributed by atoms with E-state index in [0.717, 1.165) is 9.13 Å². The summed E-state index contributed by atoms with van der Waals surface area (Å²) < 4.78 is 12.1. The van der Waals surface area contributed by atoms with Crippen LogP contribution in [0.15, 0.2) is 20.3 Å². The molecule has 106 valence electrons. The Labute approximate surface area is 117 Å². The maximum Gasteiger partial charge on any atom is 0.334 e. The van der Waals surface area contributed by atoms with Gasteiger partial charge in [0.25, 0.3) is 5.56 Å². The molecule has 1 aromatic rings. The second kappa shape index (κ2) is 6.67. The lowest BCUT2D eigenvalue weighted by molar-refractivity contribution is -0.144. The van der Waals surface area contributed by atoms with E-state index in [1.54, 1.807) is 6.92 Å². The number of rotatable bonds is 5. The maximum absolute atomic E-state index is 12.1. The first-order chi connectivity index (χ1) is 8.88. The summed E-state index contributed by atoms with van der Waals surface area (Å²) in [5, 5.41) is 0. The highest BCUT2D eigenvalue weighted by molar-refractivity contribution is 9.10. The van der Waals surface area contributed by atoms with Gasteiger partial charge < -0.3 is 9.47 Å². The molecule has 8 heteroatoms. The van der Waals surface area contributed by atoms with Crippen LogP contribution in [0, 0.1) is 0 Å². The van der Waals surface area contributed by atoms with Crippen molar-refractivity contribution < 1.29 is 14.3 Å². The number of hydrogen-bond donors (Lipinski definition) is 0. The molecule has 7 nitrogen and oxygen atoms in total. The van der Waals surface area contributed by atoms with Gasteiger partial charge in [0.2, 0.25) is 0 Å². The van der Waals surface area contributed by atoms with Crippen molar-refractivity contribution in [2.45, 2.75) is 26.6 Å². The lowest BCUT2D eigenvalue weighted by Gasteiger charge is -2.16. The summed E-state index contributed by atoms with van der Waals surface area (Å²) >= 11 is 3.08. The second-order valence-electron chi connectivity index (χ2n) is 3.97. The van der Waals surface area contributed by atoms with E-state index in [9.17, 15) is 14.4 Å². The first kappa shape index (κ1) is 15.6. The maximum atomic E-state index is 12.1. The molecule has 1 aromatic heterocycles. The normalized spacial score (nSPS) is 12.2. The van der Waals surface area contributed by atoms with Crippen molar-refractivity contribution >= 4 is 21.9 Å². The largest absolute Gasteiger partial charge is 0.444 e. The van der Waals surface area contributed by atoms with Crippen LogP contribution >= 0.6 is 15.9 Å². The third-order valence-electron chi connectivity index (χ3n) is 2.40. The zero-order valence-corrected chi connectivity index (χ0v) is 12.5. The Morgan fingerprint density at radius 3 is 2.63 bits per heavy atom. The fourth-order valence-corrected chi connectivity index (χ4v) is 1.98. The lowest BCUT2D eigenvalue weighted by Crippen LogP contribution is -2.43. The van der Waals surface area contributed by atoms with E-state index in [2.05, 4.69) is 15.9 Å². The Morgan fingerprint density at radius 2 is 2.11 bits per heavy atom.